The first-order valence-electron chi connectivity index (χ1n) is 5.69. The highest BCUT2D eigenvalue weighted by Gasteiger charge is 2.25. The summed E-state index contributed by atoms with van der Waals surface area (Å²) in [5, 5.41) is 19.6. The Kier molecular flexibility index (Phi) is 2.11. The first-order chi connectivity index (χ1) is 8.15. The number of fused-ring (bicyclic) bond motifs is 3. The van der Waals surface area contributed by atoms with Gasteiger partial charge in [0.05, 0.1) is 11.4 Å². The van der Waals surface area contributed by atoms with Crippen molar-refractivity contribution in [1.82, 2.24) is 4.57 Å². The molecule has 0 bridgehead atoms. The van der Waals surface area contributed by atoms with Gasteiger partial charge in [-0.2, -0.15) is 0 Å². The second-order valence-electron chi connectivity index (χ2n) is 4.56. The van der Waals surface area contributed by atoms with Crippen molar-refractivity contribution in [2.45, 2.75) is 19.4 Å². The molecular weight excluding hydrogens is 218 g/mol. The number of aromatic hydroxyl groups is 1. The van der Waals surface area contributed by atoms with Crippen LogP contribution in [-0.2, 0) is 17.8 Å². The van der Waals surface area contributed by atoms with E-state index in [4.69, 9.17) is 5.11 Å². The van der Waals surface area contributed by atoms with E-state index < -0.39 is 5.97 Å². The third-order valence-electron chi connectivity index (χ3n) is 3.48. The van der Waals surface area contributed by atoms with Gasteiger partial charge in [0.2, 0.25) is 0 Å². The van der Waals surface area contributed by atoms with Gasteiger partial charge in [-0.25, -0.2) is 0 Å². The van der Waals surface area contributed by atoms with Gasteiger partial charge in [0.15, 0.2) is 0 Å². The summed E-state index contributed by atoms with van der Waals surface area (Å²) in [6.07, 6.45) is 1.23. The molecule has 3 rings (SSSR count). The number of aryl methyl sites for hydroxylation is 1. The average molecular weight is 231 g/mol. The zero-order chi connectivity index (χ0) is 12.0. The van der Waals surface area contributed by atoms with Crippen LogP contribution in [0.3, 0.4) is 0 Å². The fourth-order valence-electron chi connectivity index (χ4n) is 2.58. The van der Waals surface area contributed by atoms with E-state index in [9.17, 15) is 9.90 Å². The molecule has 0 fully saturated rings. The Hall–Kier alpha value is -1.97. The maximum atomic E-state index is 11.0. The molecule has 4 nitrogen and oxygen atoms in total. The van der Waals surface area contributed by atoms with Gasteiger partial charge >= 0.3 is 5.97 Å². The van der Waals surface area contributed by atoms with Gasteiger partial charge in [0, 0.05) is 30.1 Å². The van der Waals surface area contributed by atoms with E-state index in [0.717, 1.165) is 16.6 Å². The Labute approximate surface area is 98.1 Å². The monoisotopic (exact) mass is 231 g/mol. The molecule has 1 atom stereocenters. The number of hydrogen-bond acceptors (Lipinski definition) is 2. The van der Waals surface area contributed by atoms with Crippen LogP contribution in [0.5, 0.6) is 5.75 Å². The molecule has 1 unspecified atom stereocenters. The number of rotatable bonds is 1. The number of benzene rings is 1. The predicted molar refractivity (Wildman–Crippen MR) is 63.0 cm³/mol. The van der Waals surface area contributed by atoms with Crippen molar-refractivity contribution in [2.75, 3.05) is 0 Å². The van der Waals surface area contributed by atoms with Gasteiger partial charge in [0.1, 0.15) is 5.75 Å². The molecule has 17 heavy (non-hydrogen) atoms. The van der Waals surface area contributed by atoms with Crippen LogP contribution in [0.4, 0.5) is 0 Å². The third-order valence-corrected chi connectivity index (χ3v) is 3.48. The standard InChI is InChI=1S/C13H13NO3/c15-11-2-1-8-5-10-6-9(13(16)17)3-4-14(10)12(8)7-11/h1-2,5,7,9,15H,3-4,6H2,(H,16,17). The van der Waals surface area contributed by atoms with Gasteiger partial charge in [0.25, 0.3) is 0 Å². The molecule has 1 aromatic heterocycles. The Morgan fingerprint density at radius 3 is 2.94 bits per heavy atom. The molecule has 0 saturated heterocycles. The summed E-state index contributed by atoms with van der Waals surface area (Å²) in [6.45, 7) is 0.708. The lowest BCUT2D eigenvalue weighted by molar-refractivity contribution is -0.142. The Morgan fingerprint density at radius 1 is 1.35 bits per heavy atom. The Balaban J connectivity index is 2.10. The van der Waals surface area contributed by atoms with Crippen molar-refractivity contribution in [1.29, 1.82) is 0 Å². The summed E-state index contributed by atoms with van der Waals surface area (Å²) < 4.78 is 2.11. The molecule has 1 aromatic carbocycles. The number of aliphatic carboxylic acids is 1. The second kappa shape index (κ2) is 3.52. The van der Waals surface area contributed by atoms with Crippen molar-refractivity contribution >= 4 is 16.9 Å². The normalized spacial score (nSPS) is 19.2. The summed E-state index contributed by atoms with van der Waals surface area (Å²) in [5.41, 5.74) is 2.04. The molecule has 0 spiro atoms. The average Bonchev–Trinajstić information content (AvgIpc) is 2.66. The minimum Gasteiger partial charge on any atom is -0.508 e. The van der Waals surface area contributed by atoms with E-state index in [1.807, 2.05) is 12.1 Å². The fourth-order valence-corrected chi connectivity index (χ4v) is 2.58. The molecule has 1 aliphatic heterocycles. The lowest BCUT2D eigenvalue weighted by Gasteiger charge is -2.21. The summed E-state index contributed by atoms with van der Waals surface area (Å²) in [5.74, 6) is -0.747. The van der Waals surface area contributed by atoms with E-state index in [1.54, 1.807) is 12.1 Å². The highest BCUT2D eigenvalue weighted by molar-refractivity contribution is 5.83. The van der Waals surface area contributed by atoms with Crippen LogP contribution in [0.15, 0.2) is 24.3 Å². The number of phenolic OH excluding ortho intramolecular Hbond substituents is 1. The summed E-state index contributed by atoms with van der Waals surface area (Å²) in [7, 11) is 0. The molecule has 2 aromatic rings. The largest absolute Gasteiger partial charge is 0.508 e. The van der Waals surface area contributed by atoms with Crippen LogP contribution in [0, 0.1) is 5.92 Å². The second-order valence-corrected chi connectivity index (χ2v) is 4.56. The molecule has 0 saturated carbocycles. The lowest BCUT2D eigenvalue weighted by Crippen LogP contribution is -2.24. The quantitative estimate of drug-likeness (QED) is 0.789. The summed E-state index contributed by atoms with van der Waals surface area (Å²) in [4.78, 5) is 11.0. The number of phenols is 1. The molecule has 1 aliphatic rings. The highest BCUT2D eigenvalue weighted by Crippen LogP contribution is 2.30. The molecule has 4 heteroatoms. The molecule has 0 radical (unpaired) electrons. The van der Waals surface area contributed by atoms with E-state index >= 15 is 0 Å². The van der Waals surface area contributed by atoms with Crippen LogP contribution in [0.25, 0.3) is 10.9 Å². The predicted octanol–water partition coefficient (Wildman–Crippen LogP) is 1.99. The maximum Gasteiger partial charge on any atom is 0.306 e. The molecule has 88 valence electrons. The fraction of sp³-hybridized carbons (Fsp3) is 0.308. The number of aromatic nitrogens is 1. The van der Waals surface area contributed by atoms with Crippen molar-refractivity contribution in [3.05, 3.63) is 30.0 Å². The molecule has 0 amide bonds. The number of carboxylic acids is 1. The molecular formula is C13H13NO3. The van der Waals surface area contributed by atoms with Gasteiger partial charge in [-0.15, -0.1) is 0 Å². The number of hydrogen-bond donors (Lipinski definition) is 2. The van der Waals surface area contributed by atoms with E-state index in [1.165, 1.54) is 0 Å². The smallest absolute Gasteiger partial charge is 0.306 e. The first kappa shape index (κ1) is 10.2. The third kappa shape index (κ3) is 1.56. The van der Waals surface area contributed by atoms with E-state index in [0.29, 0.717) is 19.4 Å². The zero-order valence-electron chi connectivity index (χ0n) is 9.26. The molecule has 2 heterocycles. The summed E-state index contributed by atoms with van der Waals surface area (Å²) >= 11 is 0. The van der Waals surface area contributed by atoms with Crippen LogP contribution >= 0.6 is 0 Å². The zero-order valence-corrected chi connectivity index (χ0v) is 9.26. The van der Waals surface area contributed by atoms with Gasteiger partial charge in [-0.3, -0.25) is 4.79 Å². The van der Waals surface area contributed by atoms with Gasteiger partial charge < -0.3 is 14.8 Å². The van der Waals surface area contributed by atoms with Crippen molar-refractivity contribution in [3.8, 4) is 5.75 Å². The SMILES string of the molecule is O=C(O)C1CCn2c(cc3ccc(O)cc32)C1. The van der Waals surface area contributed by atoms with E-state index in [2.05, 4.69) is 4.57 Å². The van der Waals surface area contributed by atoms with Crippen LogP contribution in [0.2, 0.25) is 0 Å². The minimum absolute atomic E-state index is 0.249. The topological polar surface area (TPSA) is 62.5 Å². The number of carbonyl (C=O) groups is 1. The van der Waals surface area contributed by atoms with Gasteiger partial charge in [-0.05, 0) is 24.6 Å². The Bertz CT molecular complexity index is 600. The first-order valence-corrected chi connectivity index (χ1v) is 5.69. The van der Waals surface area contributed by atoms with Crippen molar-refractivity contribution in [2.24, 2.45) is 5.92 Å². The molecule has 0 aliphatic carbocycles. The highest BCUT2D eigenvalue weighted by atomic mass is 16.4. The molecule has 2 N–H and O–H groups in total. The van der Waals surface area contributed by atoms with E-state index in [-0.39, 0.29) is 11.7 Å². The van der Waals surface area contributed by atoms with Gasteiger partial charge in [-0.1, -0.05) is 0 Å². The lowest BCUT2D eigenvalue weighted by atomic mass is 9.96. The van der Waals surface area contributed by atoms with Crippen LogP contribution in [0.1, 0.15) is 12.1 Å². The number of carboxylic acid groups (broad SMARTS) is 1. The van der Waals surface area contributed by atoms with Crippen LogP contribution < -0.4 is 0 Å². The van der Waals surface area contributed by atoms with Crippen molar-refractivity contribution < 1.29 is 15.0 Å². The minimum atomic E-state index is -0.718. The van der Waals surface area contributed by atoms with Crippen LogP contribution in [-0.4, -0.2) is 20.7 Å². The number of nitrogens with zero attached hydrogens (tertiary/aromatic N) is 1. The maximum absolute atomic E-state index is 11.0. The Morgan fingerprint density at radius 2 is 2.18 bits per heavy atom. The summed E-state index contributed by atoms with van der Waals surface area (Å²) in [6, 6.07) is 7.28. The van der Waals surface area contributed by atoms with Crippen molar-refractivity contribution in [3.63, 3.8) is 0 Å².